The molecule has 18 heavy (non-hydrogen) atoms. The molecule has 7 nitrogen and oxygen atoms in total. The first-order valence-electron chi connectivity index (χ1n) is 5.79. The fourth-order valence-corrected chi connectivity index (χ4v) is 2.05. The number of pyridine rings is 1. The summed E-state index contributed by atoms with van der Waals surface area (Å²) in [6.07, 6.45) is 3.98. The molecule has 0 atom stereocenters. The lowest BCUT2D eigenvalue weighted by Crippen LogP contribution is -2.36. The highest BCUT2D eigenvalue weighted by Gasteiger charge is 2.26. The largest absolute Gasteiger partial charge is 0.384 e. The molecule has 0 aliphatic carbocycles. The van der Waals surface area contributed by atoms with E-state index in [1.54, 1.807) is 4.90 Å². The molecular weight excluding hydrogens is 236 g/mol. The van der Waals surface area contributed by atoms with E-state index in [4.69, 9.17) is 5.73 Å². The minimum atomic E-state index is -0.608. The van der Waals surface area contributed by atoms with Crippen molar-refractivity contribution in [3.63, 3.8) is 0 Å². The van der Waals surface area contributed by atoms with Gasteiger partial charge in [-0.05, 0) is 25.3 Å². The molecule has 0 unspecified atom stereocenters. The van der Waals surface area contributed by atoms with Gasteiger partial charge in [0.2, 0.25) is 0 Å². The zero-order valence-electron chi connectivity index (χ0n) is 9.83. The van der Waals surface area contributed by atoms with Crippen molar-refractivity contribution < 1.29 is 9.72 Å². The van der Waals surface area contributed by atoms with Crippen LogP contribution in [0.4, 0.5) is 11.5 Å². The van der Waals surface area contributed by atoms with Crippen molar-refractivity contribution in [3.8, 4) is 0 Å². The highest BCUT2D eigenvalue weighted by atomic mass is 16.6. The van der Waals surface area contributed by atoms with E-state index in [1.807, 2.05) is 0 Å². The van der Waals surface area contributed by atoms with Gasteiger partial charge < -0.3 is 10.6 Å². The van der Waals surface area contributed by atoms with Crippen LogP contribution in [0.25, 0.3) is 0 Å². The molecule has 2 heterocycles. The van der Waals surface area contributed by atoms with E-state index < -0.39 is 4.92 Å². The minimum Gasteiger partial charge on any atom is -0.384 e. The molecule has 1 saturated heterocycles. The maximum atomic E-state index is 12.2. The van der Waals surface area contributed by atoms with Crippen LogP contribution < -0.4 is 5.73 Å². The third-order valence-electron chi connectivity index (χ3n) is 2.97. The Labute approximate surface area is 104 Å². The van der Waals surface area contributed by atoms with Gasteiger partial charge in [-0.2, -0.15) is 0 Å². The fraction of sp³-hybridized carbons (Fsp3) is 0.455. The lowest BCUT2D eigenvalue weighted by molar-refractivity contribution is -0.385. The summed E-state index contributed by atoms with van der Waals surface area (Å²) in [5.41, 5.74) is 5.22. The van der Waals surface area contributed by atoms with E-state index in [2.05, 4.69) is 4.98 Å². The third kappa shape index (κ3) is 2.39. The molecule has 0 spiro atoms. The SMILES string of the molecule is Nc1cc(C(=O)N2CCCCC2)c([N+](=O)[O-])cn1. The van der Waals surface area contributed by atoms with Crippen LogP contribution in [0.15, 0.2) is 12.3 Å². The number of aromatic nitrogens is 1. The van der Waals surface area contributed by atoms with Crippen molar-refractivity contribution in [1.82, 2.24) is 9.88 Å². The first-order valence-corrected chi connectivity index (χ1v) is 5.79. The van der Waals surface area contributed by atoms with E-state index in [-0.39, 0.29) is 23.0 Å². The van der Waals surface area contributed by atoms with E-state index in [0.29, 0.717) is 13.1 Å². The summed E-state index contributed by atoms with van der Waals surface area (Å²) in [6.45, 7) is 1.27. The molecule has 1 amide bonds. The van der Waals surface area contributed by atoms with Crippen LogP contribution >= 0.6 is 0 Å². The summed E-state index contributed by atoms with van der Waals surface area (Å²) in [5.74, 6) is -0.226. The molecule has 0 radical (unpaired) electrons. The number of nitrogens with zero attached hydrogens (tertiary/aromatic N) is 3. The monoisotopic (exact) mass is 250 g/mol. The summed E-state index contributed by atoms with van der Waals surface area (Å²) < 4.78 is 0. The molecule has 1 aromatic heterocycles. The number of anilines is 1. The molecule has 2 rings (SSSR count). The van der Waals surface area contributed by atoms with Crippen molar-refractivity contribution >= 4 is 17.4 Å². The average Bonchev–Trinajstić information content (AvgIpc) is 2.38. The van der Waals surface area contributed by atoms with Gasteiger partial charge in [0, 0.05) is 13.1 Å². The Morgan fingerprint density at radius 3 is 2.67 bits per heavy atom. The molecule has 0 saturated carbocycles. The summed E-state index contributed by atoms with van der Waals surface area (Å²) in [6, 6.07) is 1.27. The van der Waals surface area contributed by atoms with Crippen molar-refractivity contribution in [2.24, 2.45) is 0 Å². The van der Waals surface area contributed by atoms with Gasteiger partial charge in [-0.25, -0.2) is 4.98 Å². The second-order valence-corrected chi connectivity index (χ2v) is 4.24. The quantitative estimate of drug-likeness (QED) is 0.627. The Morgan fingerprint density at radius 2 is 2.06 bits per heavy atom. The van der Waals surface area contributed by atoms with Crippen molar-refractivity contribution in [2.75, 3.05) is 18.8 Å². The number of nitro groups is 1. The molecule has 1 aliphatic rings. The fourth-order valence-electron chi connectivity index (χ4n) is 2.05. The van der Waals surface area contributed by atoms with Crippen LogP contribution in [0.2, 0.25) is 0 Å². The first-order chi connectivity index (χ1) is 8.59. The molecule has 96 valence electrons. The molecule has 7 heteroatoms. The Morgan fingerprint density at radius 1 is 1.39 bits per heavy atom. The maximum Gasteiger partial charge on any atom is 0.300 e. The van der Waals surface area contributed by atoms with E-state index in [1.165, 1.54) is 6.07 Å². The van der Waals surface area contributed by atoms with Crippen LogP contribution in [0, 0.1) is 10.1 Å². The first kappa shape index (κ1) is 12.3. The number of amides is 1. The van der Waals surface area contributed by atoms with Gasteiger partial charge in [0.1, 0.15) is 17.6 Å². The molecule has 0 bridgehead atoms. The predicted molar refractivity (Wildman–Crippen MR) is 65.1 cm³/mol. The summed E-state index contributed by atoms with van der Waals surface area (Å²) in [4.78, 5) is 27.8. The van der Waals surface area contributed by atoms with Gasteiger partial charge in [0.25, 0.3) is 11.6 Å². The lowest BCUT2D eigenvalue weighted by Gasteiger charge is -2.26. The van der Waals surface area contributed by atoms with Gasteiger partial charge in [-0.15, -0.1) is 0 Å². The van der Waals surface area contributed by atoms with E-state index in [0.717, 1.165) is 25.5 Å². The highest BCUT2D eigenvalue weighted by Crippen LogP contribution is 2.22. The predicted octanol–water partition coefficient (Wildman–Crippen LogP) is 1.20. The number of rotatable bonds is 2. The topological polar surface area (TPSA) is 102 Å². The highest BCUT2D eigenvalue weighted by molar-refractivity contribution is 5.98. The van der Waals surface area contributed by atoms with Crippen molar-refractivity contribution in [1.29, 1.82) is 0 Å². The van der Waals surface area contributed by atoms with Gasteiger partial charge in [0.15, 0.2) is 0 Å². The second-order valence-electron chi connectivity index (χ2n) is 4.24. The third-order valence-corrected chi connectivity index (χ3v) is 2.97. The number of nitrogen functional groups attached to an aromatic ring is 1. The lowest BCUT2D eigenvalue weighted by atomic mass is 10.1. The van der Waals surface area contributed by atoms with Crippen LogP contribution in [-0.4, -0.2) is 33.8 Å². The smallest absolute Gasteiger partial charge is 0.300 e. The van der Waals surface area contributed by atoms with Crippen LogP contribution in [0.1, 0.15) is 29.6 Å². The number of hydrogen-bond donors (Lipinski definition) is 1. The molecule has 1 fully saturated rings. The number of carbonyl (C=O) groups excluding carboxylic acids is 1. The molecule has 0 aromatic carbocycles. The summed E-state index contributed by atoms with van der Waals surface area (Å²) in [5, 5.41) is 10.9. The van der Waals surface area contributed by atoms with Gasteiger partial charge in [-0.1, -0.05) is 0 Å². The maximum absolute atomic E-state index is 12.2. The zero-order chi connectivity index (χ0) is 13.1. The molecular formula is C11H14N4O3. The zero-order valence-corrected chi connectivity index (χ0v) is 9.83. The number of carbonyl (C=O) groups is 1. The second kappa shape index (κ2) is 4.99. The Bertz CT molecular complexity index is 483. The summed E-state index contributed by atoms with van der Waals surface area (Å²) in [7, 11) is 0. The Balaban J connectivity index is 2.33. The van der Waals surface area contributed by atoms with Gasteiger partial charge in [0.05, 0.1) is 4.92 Å². The van der Waals surface area contributed by atoms with Crippen LogP contribution in [-0.2, 0) is 0 Å². The van der Waals surface area contributed by atoms with Gasteiger partial charge >= 0.3 is 0 Å². The van der Waals surface area contributed by atoms with E-state index in [9.17, 15) is 14.9 Å². The standard InChI is InChI=1S/C11H14N4O3/c12-10-6-8(9(7-13-10)15(17)18)11(16)14-4-2-1-3-5-14/h6-7H,1-5H2,(H2,12,13). The Hall–Kier alpha value is -2.18. The number of likely N-dealkylation sites (tertiary alicyclic amines) is 1. The number of hydrogen-bond acceptors (Lipinski definition) is 5. The molecule has 1 aromatic rings. The Kier molecular flexibility index (Phi) is 3.40. The van der Waals surface area contributed by atoms with Gasteiger partial charge in [-0.3, -0.25) is 14.9 Å². The molecule has 1 aliphatic heterocycles. The number of nitrogens with two attached hydrogens (primary N) is 1. The van der Waals surface area contributed by atoms with Crippen molar-refractivity contribution in [2.45, 2.75) is 19.3 Å². The average molecular weight is 250 g/mol. The van der Waals surface area contributed by atoms with Crippen LogP contribution in [0.5, 0.6) is 0 Å². The van der Waals surface area contributed by atoms with E-state index >= 15 is 0 Å². The number of piperidine rings is 1. The normalized spacial score (nSPS) is 15.4. The summed E-state index contributed by atoms with van der Waals surface area (Å²) >= 11 is 0. The van der Waals surface area contributed by atoms with Crippen molar-refractivity contribution in [3.05, 3.63) is 27.9 Å². The minimum absolute atomic E-state index is 0.0226. The van der Waals surface area contributed by atoms with Crippen LogP contribution in [0.3, 0.4) is 0 Å². The molecule has 2 N–H and O–H groups in total.